The highest BCUT2D eigenvalue weighted by atomic mass is 16.3. The molecule has 3 rings (SSSR count). The van der Waals surface area contributed by atoms with Crippen LogP contribution in [-0.2, 0) is 0 Å². The zero-order chi connectivity index (χ0) is 9.71. The van der Waals surface area contributed by atoms with Gasteiger partial charge in [0.15, 0.2) is 0 Å². The fourth-order valence-electron chi connectivity index (χ4n) is 3.32. The first-order chi connectivity index (χ1) is 6.79. The molecule has 3 heteroatoms. The molecule has 2 aliphatic heterocycles. The van der Waals surface area contributed by atoms with Crippen molar-refractivity contribution in [3.8, 4) is 0 Å². The Morgan fingerprint density at radius 3 is 2.50 bits per heavy atom. The van der Waals surface area contributed by atoms with E-state index in [4.69, 9.17) is 5.11 Å². The number of fused-ring (bicyclic) bond motifs is 1. The van der Waals surface area contributed by atoms with Gasteiger partial charge in [-0.05, 0) is 18.8 Å². The molecule has 14 heavy (non-hydrogen) atoms. The van der Waals surface area contributed by atoms with E-state index in [9.17, 15) is 0 Å². The van der Waals surface area contributed by atoms with Gasteiger partial charge in [-0.1, -0.05) is 6.92 Å². The van der Waals surface area contributed by atoms with Crippen molar-refractivity contribution in [2.24, 2.45) is 5.92 Å². The van der Waals surface area contributed by atoms with E-state index in [0.717, 1.165) is 30.6 Å². The van der Waals surface area contributed by atoms with Crippen LogP contribution in [-0.4, -0.2) is 59.3 Å². The van der Waals surface area contributed by atoms with Gasteiger partial charge in [-0.15, -0.1) is 0 Å². The van der Waals surface area contributed by atoms with Crippen molar-refractivity contribution in [3.05, 3.63) is 0 Å². The summed E-state index contributed by atoms with van der Waals surface area (Å²) in [5.41, 5.74) is 0. The van der Waals surface area contributed by atoms with Crippen LogP contribution in [0.1, 0.15) is 19.8 Å². The molecule has 1 saturated carbocycles. The van der Waals surface area contributed by atoms with Gasteiger partial charge in [-0.25, -0.2) is 0 Å². The second-order valence-corrected chi connectivity index (χ2v) is 5.28. The van der Waals surface area contributed by atoms with Gasteiger partial charge in [0.1, 0.15) is 0 Å². The molecule has 0 aromatic carbocycles. The van der Waals surface area contributed by atoms with E-state index in [1.54, 1.807) is 0 Å². The van der Waals surface area contributed by atoms with Crippen LogP contribution in [0, 0.1) is 5.92 Å². The Hall–Kier alpha value is -0.120. The molecule has 0 aromatic rings. The molecule has 3 aliphatic rings. The molecule has 3 nitrogen and oxygen atoms in total. The number of nitrogens with zero attached hydrogens (tertiary/aromatic N) is 2. The number of aliphatic hydroxyl groups excluding tert-OH is 1. The lowest BCUT2D eigenvalue weighted by Gasteiger charge is -2.66. The molecule has 2 unspecified atom stereocenters. The molecule has 0 aromatic heterocycles. The number of rotatable bonds is 3. The first-order valence-electron chi connectivity index (χ1n) is 5.90. The fourth-order valence-corrected chi connectivity index (χ4v) is 3.32. The van der Waals surface area contributed by atoms with Gasteiger partial charge in [-0.2, -0.15) is 0 Å². The molecular weight excluding hydrogens is 176 g/mol. The lowest BCUT2D eigenvalue weighted by atomic mass is 9.74. The third kappa shape index (κ3) is 1.16. The summed E-state index contributed by atoms with van der Waals surface area (Å²) in [6.07, 6.45) is 2.84. The highest BCUT2D eigenvalue weighted by molar-refractivity contribution is 5.11. The average Bonchev–Trinajstić information content (AvgIpc) is 2.09. The van der Waals surface area contributed by atoms with Gasteiger partial charge < -0.3 is 5.11 Å². The third-order valence-corrected chi connectivity index (χ3v) is 4.36. The van der Waals surface area contributed by atoms with Crippen LogP contribution < -0.4 is 0 Å². The molecule has 2 heterocycles. The van der Waals surface area contributed by atoms with Crippen LogP contribution in [0.15, 0.2) is 0 Å². The van der Waals surface area contributed by atoms with Crippen molar-refractivity contribution in [1.29, 1.82) is 0 Å². The molecule has 2 saturated heterocycles. The molecule has 0 bridgehead atoms. The quantitative estimate of drug-likeness (QED) is 0.696. The standard InChI is InChI=1S/C11H20N2O/c1-8-4-9(5-8)13-7-10-11(13)6-12(10)2-3-14/h8-11,14H,2-7H2,1H3. The van der Waals surface area contributed by atoms with E-state index < -0.39 is 0 Å². The minimum absolute atomic E-state index is 0.323. The maximum Gasteiger partial charge on any atom is 0.0558 e. The average molecular weight is 196 g/mol. The molecule has 2 atom stereocenters. The highest BCUT2D eigenvalue weighted by Crippen LogP contribution is 2.41. The second kappa shape index (κ2) is 3.19. The van der Waals surface area contributed by atoms with E-state index >= 15 is 0 Å². The SMILES string of the molecule is CC1CC(N2CC3C2CN3CCO)C1. The van der Waals surface area contributed by atoms with Crippen LogP contribution in [0.5, 0.6) is 0 Å². The Bertz CT molecular complexity index is 227. The van der Waals surface area contributed by atoms with Crippen LogP contribution in [0.3, 0.4) is 0 Å². The van der Waals surface area contributed by atoms with Gasteiger partial charge in [0.2, 0.25) is 0 Å². The molecular formula is C11H20N2O. The summed E-state index contributed by atoms with van der Waals surface area (Å²) >= 11 is 0. The summed E-state index contributed by atoms with van der Waals surface area (Å²) < 4.78 is 0. The van der Waals surface area contributed by atoms with Crippen molar-refractivity contribution in [2.45, 2.75) is 37.9 Å². The second-order valence-electron chi connectivity index (χ2n) is 5.28. The van der Waals surface area contributed by atoms with Crippen LogP contribution in [0.25, 0.3) is 0 Å². The molecule has 3 fully saturated rings. The largest absolute Gasteiger partial charge is 0.395 e. The van der Waals surface area contributed by atoms with E-state index in [0.29, 0.717) is 6.61 Å². The molecule has 80 valence electrons. The van der Waals surface area contributed by atoms with Crippen molar-refractivity contribution >= 4 is 0 Å². The third-order valence-electron chi connectivity index (χ3n) is 4.36. The predicted octanol–water partition coefficient (Wildman–Crippen LogP) is 0.146. The van der Waals surface area contributed by atoms with E-state index in [1.807, 2.05) is 0 Å². The lowest BCUT2D eigenvalue weighted by molar-refractivity contribution is -0.162. The maximum atomic E-state index is 8.84. The molecule has 0 amide bonds. The molecule has 0 radical (unpaired) electrons. The molecule has 0 spiro atoms. The van der Waals surface area contributed by atoms with Crippen molar-refractivity contribution < 1.29 is 5.11 Å². The Morgan fingerprint density at radius 2 is 2.00 bits per heavy atom. The van der Waals surface area contributed by atoms with Gasteiger partial charge in [0, 0.05) is 37.8 Å². The zero-order valence-electron chi connectivity index (χ0n) is 8.89. The zero-order valence-corrected chi connectivity index (χ0v) is 8.89. The van der Waals surface area contributed by atoms with Crippen LogP contribution >= 0.6 is 0 Å². The monoisotopic (exact) mass is 196 g/mol. The highest BCUT2D eigenvalue weighted by Gasteiger charge is 2.54. The first-order valence-corrected chi connectivity index (χ1v) is 5.90. The van der Waals surface area contributed by atoms with E-state index in [1.165, 1.54) is 25.9 Å². The first kappa shape index (κ1) is 9.13. The summed E-state index contributed by atoms with van der Waals surface area (Å²) in [5.74, 6) is 0.965. The molecule has 1 aliphatic carbocycles. The summed E-state index contributed by atoms with van der Waals surface area (Å²) in [6.45, 7) is 6.03. The van der Waals surface area contributed by atoms with Crippen molar-refractivity contribution in [3.63, 3.8) is 0 Å². The Kier molecular flexibility index (Phi) is 2.08. The van der Waals surface area contributed by atoms with Crippen molar-refractivity contribution in [2.75, 3.05) is 26.2 Å². The summed E-state index contributed by atoms with van der Waals surface area (Å²) in [4.78, 5) is 5.11. The Balaban J connectivity index is 1.46. The Labute approximate surface area is 85.7 Å². The van der Waals surface area contributed by atoms with Gasteiger partial charge in [-0.3, -0.25) is 9.80 Å². The minimum Gasteiger partial charge on any atom is -0.395 e. The minimum atomic E-state index is 0.323. The summed E-state index contributed by atoms with van der Waals surface area (Å²) in [7, 11) is 0. The lowest BCUT2D eigenvalue weighted by Crippen LogP contribution is -2.81. The van der Waals surface area contributed by atoms with E-state index in [2.05, 4.69) is 16.7 Å². The normalized spacial score (nSPS) is 47.6. The van der Waals surface area contributed by atoms with Gasteiger partial charge in [0.05, 0.1) is 6.61 Å². The van der Waals surface area contributed by atoms with Crippen LogP contribution in [0.4, 0.5) is 0 Å². The number of β-amino-alcohol motifs (C(OH)–C–C–N with tert-alkyl or cyclic N) is 1. The van der Waals surface area contributed by atoms with Crippen molar-refractivity contribution in [1.82, 2.24) is 9.80 Å². The topological polar surface area (TPSA) is 26.7 Å². The van der Waals surface area contributed by atoms with E-state index in [-0.39, 0.29) is 0 Å². The van der Waals surface area contributed by atoms with Gasteiger partial charge in [0.25, 0.3) is 0 Å². The summed E-state index contributed by atoms with van der Waals surface area (Å²) in [5, 5.41) is 8.84. The Morgan fingerprint density at radius 1 is 1.21 bits per heavy atom. The number of piperazine rings is 1. The number of aliphatic hydroxyl groups is 1. The van der Waals surface area contributed by atoms with Gasteiger partial charge >= 0.3 is 0 Å². The van der Waals surface area contributed by atoms with Crippen LogP contribution in [0.2, 0.25) is 0 Å². The number of likely N-dealkylation sites (tertiary alicyclic amines) is 2. The predicted molar refractivity (Wildman–Crippen MR) is 55.1 cm³/mol. The smallest absolute Gasteiger partial charge is 0.0558 e. The number of hydrogen-bond donors (Lipinski definition) is 1. The molecule has 1 N–H and O–H groups in total. The maximum absolute atomic E-state index is 8.84. The number of hydrogen-bond acceptors (Lipinski definition) is 3. The fraction of sp³-hybridized carbons (Fsp3) is 1.00. The summed E-state index contributed by atoms with van der Waals surface area (Å²) in [6, 6.07) is 2.54.